The van der Waals surface area contributed by atoms with Crippen molar-refractivity contribution in [2.75, 3.05) is 6.54 Å². The van der Waals surface area contributed by atoms with Crippen LogP contribution in [0.15, 0.2) is 24.3 Å². The molecule has 0 spiro atoms. The van der Waals surface area contributed by atoms with Crippen LogP contribution in [0.1, 0.15) is 45.1 Å². The van der Waals surface area contributed by atoms with E-state index >= 15 is 0 Å². The van der Waals surface area contributed by atoms with Gasteiger partial charge in [0.1, 0.15) is 5.82 Å². The van der Waals surface area contributed by atoms with Crippen molar-refractivity contribution in [3.05, 3.63) is 35.6 Å². The Morgan fingerprint density at radius 1 is 1.28 bits per heavy atom. The highest BCUT2D eigenvalue weighted by Gasteiger charge is 2.45. The zero-order valence-electron chi connectivity index (χ0n) is 14.4. The molecule has 0 aliphatic heterocycles. The molecular formula is C18H23FN2O4. The van der Waals surface area contributed by atoms with E-state index in [1.165, 1.54) is 19.1 Å². The molecule has 0 heterocycles. The van der Waals surface area contributed by atoms with Crippen LogP contribution in [0.4, 0.5) is 9.18 Å². The standard InChI is InChI=1S/C18H23FN2O4/c1-3-20-17(24)21-15(22)12(2)25-16(23)18(9-4-5-10-18)13-7-6-8-14(19)11-13/h6-8,11-12H,3-5,9-10H2,1-2H3,(H2,20,21,22,24). The van der Waals surface area contributed by atoms with Crippen LogP contribution in [0, 0.1) is 5.82 Å². The Bertz CT molecular complexity index is 656. The van der Waals surface area contributed by atoms with Crippen molar-refractivity contribution in [1.29, 1.82) is 0 Å². The SMILES string of the molecule is CCNC(=O)NC(=O)C(C)OC(=O)C1(c2cccc(F)c2)CCCC1. The first-order chi connectivity index (χ1) is 11.9. The van der Waals surface area contributed by atoms with Gasteiger partial charge in [-0.05, 0) is 44.4 Å². The molecule has 1 unspecified atom stereocenters. The lowest BCUT2D eigenvalue weighted by molar-refractivity contribution is -0.160. The molecule has 1 fully saturated rings. The van der Waals surface area contributed by atoms with Crippen molar-refractivity contribution in [3.63, 3.8) is 0 Å². The van der Waals surface area contributed by atoms with E-state index < -0.39 is 35.2 Å². The van der Waals surface area contributed by atoms with Crippen LogP contribution in [0.25, 0.3) is 0 Å². The summed E-state index contributed by atoms with van der Waals surface area (Å²) in [6, 6.07) is 5.28. The second-order valence-corrected chi connectivity index (χ2v) is 6.20. The van der Waals surface area contributed by atoms with E-state index in [9.17, 15) is 18.8 Å². The molecule has 25 heavy (non-hydrogen) atoms. The Hall–Kier alpha value is -2.44. The van der Waals surface area contributed by atoms with E-state index in [0.717, 1.165) is 12.8 Å². The van der Waals surface area contributed by atoms with Gasteiger partial charge in [-0.2, -0.15) is 0 Å². The number of imide groups is 1. The largest absolute Gasteiger partial charge is 0.452 e. The van der Waals surface area contributed by atoms with E-state index in [4.69, 9.17) is 4.74 Å². The summed E-state index contributed by atoms with van der Waals surface area (Å²) in [5.41, 5.74) is -0.381. The second-order valence-electron chi connectivity index (χ2n) is 6.20. The Morgan fingerprint density at radius 3 is 2.56 bits per heavy atom. The smallest absolute Gasteiger partial charge is 0.321 e. The van der Waals surface area contributed by atoms with Crippen LogP contribution < -0.4 is 10.6 Å². The number of rotatable bonds is 5. The maximum atomic E-state index is 13.6. The fraction of sp³-hybridized carbons (Fsp3) is 0.500. The fourth-order valence-electron chi connectivity index (χ4n) is 3.12. The lowest BCUT2D eigenvalue weighted by atomic mass is 9.79. The monoisotopic (exact) mass is 350 g/mol. The molecule has 1 aromatic rings. The molecule has 0 aromatic heterocycles. The molecule has 2 N–H and O–H groups in total. The van der Waals surface area contributed by atoms with E-state index in [1.54, 1.807) is 19.1 Å². The van der Waals surface area contributed by atoms with Gasteiger partial charge in [0.2, 0.25) is 0 Å². The number of urea groups is 1. The number of esters is 1. The van der Waals surface area contributed by atoms with Crippen molar-refractivity contribution in [1.82, 2.24) is 10.6 Å². The molecule has 6 nitrogen and oxygen atoms in total. The topological polar surface area (TPSA) is 84.5 Å². The number of ether oxygens (including phenoxy) is 1. The quantitative estimate of drug-likeness (QED) is 0.799. The van der Waals surface area contributed by atoms with Gasteiger partial charge in [0, 0.05) is 6.54 Å². The third-order valence-corrected chi connectivity index (χ3v) is 4.45. The third kappa shape index (κ3) is 4.35. The van der Waals surface area contributed by atoms with Crippen LogP contribution in [0.3, 0.4) is 0 Å². The van der Waals surface area contributed by atoms with Gasteiger partial charge in [0.05, 0.1) is 5.41 Å². The van der Waals surface area contributed by atoms with Crippen LogP contribution in [0.2, 0.25) is 0 Å². The Morgan fingerprint density at radius 2 is 1.96 bits per heavy atom. The molecule has 1 saturated carbocycles. The predicted molar refractivity (Wildman–Crippen MR) is 89.3 cm³/mol. The summed E-state index contributed by atoms with van der Waals surface area (Å²) < 4.78 is 18.9. The minimum atomic E-state index is -1.12. The summed E-state index contributed by atoms with van der Waals surface area (Å²) in [6.45, 7) is 3.49. The minimum Gasteiger partial charge on any atom is -0.452 e. The molecule has 1 atom stereocenters. The van der Waals surface area contributed by atoms with E-state index in [-0.39, 0.29) is 0 Å². The first kappa shape index (κ1) is 18.9. The molecule has 7 heteroatoms. The van der Waals surface area contributed by atoms with Gasteiger partial charge >= 0.3 is 12.0 Å². The predicted octanol–water partition coefficient (Wildman–Crippen LogP) is 2.41. The van der Waals surface area contributed by atoms with Crippen LogP contribution in [-0.2, 0) is 19.7 Å². The van der Waals surface area contributed by atoms with Crippen molar-refractivity contribution >= 4 is 17.9 Å². The van der Waals surface area contributed by atoms with E-state index in [1.807, 2.05) is 0 Å². The number of benzene rings is 1. The van der Waals surface area contributed by atoms with Gasteiger partial charge in [0.25, 0.3) is 5.91 Å². The van der Waals surface area contributed by atoms with Gasteiger partial charge in [-0.25, -0.2) is 9.18 Å². The lowest BCUT2D eigenvalue weighted by Crippen LogP contribution is -2.46. The molecule has 1 aromatic carbocycles. The first-order valence-corrected chi connectivity index (χ1v) is 8.45. The van der Waals surface area contributed by atoms with Crippen molar-refractivity contribution in [3.8, 4) is 0 Å². The Balaban J connectivity index is 2.11. The zero-order chi connectivity index (χ0) is 18.4. The normalized spacial score (nSPS) is 16.8. The maximum absolute atomic E-state index is 13.6. The average Bonchev–Trinajstić information content (AvgIpc) is 3.06. The Labute approximate surface area is 146 Å². The summed E-state index contributed by atoms with van der Waals surface area (Å²) in [7, 11) is 0. The molecule has 3 amide bonds. The van der Waals surface area contributed by atoms with Crippen molar-refractivity contribution < 1.29 is 23.5 Å². The Kier molecular flexibility index (Phi) is 6.12. The summed E-state index contributed by atoms with van der Waals surface area (Å²) in [4.78, 5) is 36.1. The highest BCUT2D eigenvalue weighted by atomic mass is 19.1. The molecule has 2 rings (SSSR count). The fourth-order valence-corrected chi connectivity index (χ4v) is 3.12. The molecule has 136 valence electrons. The summed E-state index contributed by atoms with van der Waals surface area (Å²) in [5, 5.41) is 4.54. The molecule has 0 radical (unpaired) electrons. The molecule has 1 aliphatic carbocycles. The van der Waals surface area contributed by atoms with Crippen molar-refractivity contribution in [2.45, 2.75) is 51.0 Å². The zero-order valence-corrected chi connectivity index (χ0v) is 14.4. The number of carbonyl (C=O) groups excluding carboxylic acids is 3. The number of halogens is 1. The van der Waals surface area contributed by atoms with E-state index in [0.29, 0.717) is 24.9 Å². The van der Waals surface area contributed by atoms with Gasteiger partial charge in [0.15, 0.2) is 6.10 Å². The first-order valence-electron chi connectivity index (χ1n) is 8.45. The van der Waals surface area contributed by atoms with Crippen LogP contribution in [-0.4, -0.2) is 30.6 Å². The van der Waals surface area contributed by atoms with E-state index in [2.05, 4.69) is 10.6 Å². The number of nitrogens with one attached hydrogen (secondary N) is 2. The van der Waals surface area contributed by atoms with Crippen LogP contribution >= 0.6 is 0 Å². The lowest BCUT2D eigenvalue weighted by Gasteiger charge is -2.28. The number of amides is 3. The molecule has 0 saturated heterocycles. The summed E-state index contributed by atoms with van der Waals surface area (Å²) in [6.07, 6.45) is 1.61. The highest BCUT2D eigenvalue weighted by molar-refractivity contribution is 5.97. The number of hydrogen-bond donors (Lipinski definition) is 2. The van der Waals surface area contributed by atoms with Gasteiger partial charge in [-0.3, -0.25) is 14.9 Å². The molecule has 0 bridgehead atoms. The molecular weight excluding hydrogens is 327 g/mol. The highest BCUT2D eigenvalue weighted by Crippen LogP contribution is 2.42. The van der Waals surface area contributed by atoms with Gasteiger partial charge in [-0.15, -0.1) is 0 Å². The summed E-state index contributed by atoms with van der Waals surface area (Å²) >= 11 is 0. The van der Waals surface area contributed by atoms with Gasteiger partial charge in [-0.1, -0.05) is 25.0 Å². The van der Waals surface area contributed by atoms with Crippen LogP contribution in [0.5, 0.6) is 0 Å². The minimum absolute atomic E-state index is 0.371. The average molecular weight is 350 g/mol. The van der Waals surface area contributed by atoms with Crippen molar-refractivity contribution in [2.24, 2.45) is 0 Å². The second kappa shape index (κ2) is 8.09. The maximum Gasteiger partial charge on any atom is 0.321 e. The summed E-state index contributed by atoms with van der Waals surface area (Å²) in [5.74, 6) is -1.68. The number of carbonyl (C=O) groups is 3. The van der Waals surface area contributed by atoms with Gasteiger partial charge < -0.3 is 10.1 Å². The molecule has 1 aliphatic rings. The number of hydrogen-bond acceptors (Lipinski definition) is 4. The third-order valence-electron chi connectivity index (χ3n) is 4.45.